The van der Waals surface area contributed by atoms with Gasteiger partial charge in [-0.25, -0.2) is 0 Å². The van der Waals surface area contributed by atoms with Gasteiger partial charge in [0.05, 0.1) is 12.3 Å². The van der Waals surface area contributed by atoms with Crippen molar-refractivity contribution in [3.63, 3.8) is 0 Å². The molecule has 0 fully saturated rings. The molecule has 0 aliphatic rings. The molecule has 0 spiro atoms. The third kappa shape index (κ3) is 5.67. The average molecular weight is 325 g/mol. The van der Waals surface area contributed by atoms with E-state index in [9.17, 15) is 0 Å². The van der Waals surface area contributed by atoms with Gasteiger partial charge < -0.3 is 4.74 Å². The Bertz CT molecular complexity index is 608. The maximum atomic E-state index is 6.06. The van der Waals surface area contributed by atoms with Gasteiger partial charge in [0.25, 0.3) is 0 Å². The number of aryl methyl sites for hydroxylation is 1. The molecule has 0 amide bonds. The zero-order valence-electron chi connectivity index (χ0n) is 15.4. The normalized spacial score (nSPS) is 12.1. The topological polar surface area (TPSA) is 22.1 Å². The number of rotatable bonds is 10. The Balaban J connectivity index is 2.09. The van der Waals surface area contributed by atoms with Crippen LogP contribution in [0.2, 0.25) is 0 Å². The summed E-state index contributed by atoms with van der Waals surface area (Å²) in [7, 11) is 0. The Morgan fingerprint density at radius 2 is 1.92 bits per heavy atom. The lowest BCUT2D eigenvalue weighted by atomic mass is 10.0. The summed E-state index contributed by atoms with van der Waals surface area (Å²) in [5, 5.41) is 0. The fourth-order valence-corrected chi connectivity index (χ4v) is 2.73. The summed E-state index contributed by atoms with van der Waals surface area (Å²) in [6, 6.07) is 12.6. The molecule has 2 heteroatoms. The zero-order chi connectivity index (χ0) is 17.2. The van der Waals surface area contributed by atoms with Crippen LogP contribution in [0.3, 0.4) is 0 Å². The van der Waals surface area contributed by atoms with E-state index in [1.807, 2.05) is 12.3 Å². The van der Waals surface area contributed by atoms with Crippen LogP contribution in [-0.2, 0) is 6.42 Å². The standard InChI is InChI=1S/C22H31NO/c1-4-6-7-10-19-13-15-23-21(17-19)20-11-8-9-12-22(20)24-16-14-18(3)5-2/h8-9,11-13,15,17-18H,4-7,10,14,16H2,1-3H3. The van der Waals surface area contributed by atoms with Crippen LogP contribution in [0.15, 0.2) is 42.6 Å². The number of para-hydroxylation sites is 1. The molecule has 1 aromatic carbocycles. The number of ether oxygens (including phenoxy) is 1. The molecule has 1 aromatic heterocycles. The van der Waals surface area contributed by atoms with Crippen molar-refractivity contribution in [3.8, 4) is 17.0 Å². The van der Waals surface area contributed by atoms with Crippen molar-refractivity contribution in [1.29, 1.82) is 0 Å². The summed E-state index contributed by atoms with van der Waals surface area (Å²) in [6.07, 6.45) is 9.12. The van der Waals surface area contributed by atoms with Crippen LogP contribution in [0.1, 0.15) is 58.4 Å². The van der Waals surface area contributed by atoms with Gasteiger partial charge in [0.1, 0.15) is 5.75 Å². The van der Waals surface area contributed by atoms with Crippen LogP contribution in [-0.4, -0.2) is 11.6 Å². The lowest BCUT2D eigenvalue weighted by Gasteiger charge is -2.13. The van der Waals surface area contributed by atoms with Gasteiger partial charge in [0, 0.05) is 11.8 Å². The van der Waals surface area contributed by atoms with E-state index < -0.39 is 0 Å². The average Bonchev–Trinajstić information content (AvgIpc) is 2.62. The number of unbranched alkanes of at least 4 members (excludes halogenated alkanes) is 2. The Morgan fingerprint density at radius 3 is 2.71 bits per heavy atom. The highest BCUT2D eigenvalue weighted by Crippen LogP contribution is 2.29. The van der Waals surface area contributed by atoms with Gasteiger partial charge >= 0.3 is 0 Å². The molecule has 0 saturated heterocycles. The van der Waals surface area contributed by atoms with Crippen LogP contribution in [0.25, 0.3) is 11.3 Å². The lowest BCUT2D eigenvalue weighted by Crippen LogP contribution is -2.04. The molecule has 0 bridgehead atoms. The van der Waals surface area contributed by atoms with Crippen LogP contribution < -0.4 is 4.74 Å². The first-order valence-electron chi connectivity index (χ1n) is 9.41. The van der Waals surface area contributed by atoms with E-state index in [2.05, 4.69) is 56.1 Å². The minimum absolute atomic E-state index is 0.706. The third-order valence-corrected chi connectivity index (χ3v) is 4.62. The predicted octanol–water partition coefficient (Wildman–Crippen LogP) is 6.30. The largest absolute Gasteiger partial charge is 0.493 e. The molecule has 0 aliphatic heterocycles. The van der Waals surface area contributed by atoms with E-state index in [-0.39, 0.29) is 0 Å². The highest BCUT2D eigenvalue weighted by molar-refractivity contribution is 5.67. The lowest BCUT2D eigenvalue weighted by molar-refractivity contribution is 0.282. The predicted molar refractivity (Wildman–Crippen MR) is 102 cm³/mol. The first kappa shape index (κ1) is 18.5. The van der Waals surface area contributed by atoms with Crippen LogP contribution >= 0.6 is 0 Å². The number of hydrogen-bond acceptors (Lipinski definition) is 2. The van der Waals surface area contributed by atoms with E-state index in [0.717, 1.165) is 36.5 Å². The molecule has 0 radical (unpaired) electrons. The van der Waals surface area contributed by atoms with E-state index >= 15 is 0 Å². The van der Waals surface area contributed by atoms with Gasteiger partial charge in [-0.2, -0.15) is 0 Å². The number of benzene rings is 1. The van der Waals surface area contributed by atoms with E-state index in [4.69, 9.17) is 4.74 Å². The molecule has 1 unspecified atom stereocenters. The fourth-order valence-electron chi connectivity index (χ4n) is 2.73. The number of nitrogens with zero attached hydrogens (tertiary/aromatic N) is 1. The summed E-state index contributed by atoms with van der Waals surface area (Å²) in [6.45, 7) is 7.51. The molecule has 1 atom stereocenters. The summed E-state index contributed by atoms with van der Waals surface area (Å²) < 4.78 is 6.06. The quantitative estimate of drug-likeness (QED) is 0.478. The Hall–Kier alpha value is -1.83. The molecule has 2 rings (SSSR count). The minimum atomic E-state index is 0.706. The Kier molecular flexibility index (Phi) is 7.81. The molecule has 1 heterocycles. The fraction of sp³-hybridized carbons (Fsp3) is 0.500. The van der Waals surface area contributed by atoms with Crippen molar-refractivity contribution in [2.75, 3.05) is 6.61 Å². The van der Waals surface area contributed by atoms with Gasteiger partial charge in [-0.05, 0) is 55.0 Å². The molecule has 0 saturated carbocycles. The monoisotopic (exact) mass is 325 g/mol. The maximum absolute atomic E-state index is 6.06. The highest BCUT2D eigenvalue weighted by atomic mass is 16.5. The summed E-state index contributed by atoms with van der Waals surface area (Å²) in [5.41, 5.74) is 3.48. The van der Waals surface area contributed by atoms with Crippen molar-refractivity contribution in [2.24, 2.45) is 5.92 Å². The second-order valence-corrected chi connectivity index (χ2v) is 6.65. The zero-order valence-corrected chi connectivity index (χ0v) is 15.4. The number of hydrogen-bond donors (Lipinski definition) is 0. The van der Waals surface area contributed by atoms with Crippen molar-refractivity contribution in [3.05, 3.63) is 48.2 Å². The van der Waals surface area contributed by atoms with Crippen molar-refractivity contribution < 1.29 is 4.74 Å². The van der Waals surface area contributed by atoms with Crippen LogP contribution in [0, 0.1) is 5.92 Å². The summed E-state index contributed by atoms with van der Waals surface area (Å²) >= 11 is 0. The van der Waals surface area contributed by atoms with E-state index in [0.29, 0.717) is 5.92 Å². The van der Waals surface area contributed by atoms with E-state index in [1.54, 1.807) is 0 Å². The molecule has 24 heavy (non-hydrogen) atoms. The van der Waals surface area contributed by atoms with Crippen LogP contribution in [0.5, 0.6) is 5.75 Å². The molecule has 2 aromatic rings. The first-order chi connectivity index (χ1) is 11.7. The second-order valence-electron chi connectivity index (χ2n) is 6.65. The summed E-state index contributed by atoms with van der Waals surface area (Å²) in [5.74, 6) is 1.65. The van der Waals surface area contributed by atoms with Crippen molar-refractivity contribution in [1.82, 2.24) is 4.98 Å². The SMILES string of the molecule is CCCCCc1ccnc(-c2ccccc2OCCC(C)CC)c1. The summed E-state index contributed by atoms with van der Waals surface area (Å²) in [4.78, 5) is 4.58. The van der Waals surface area contributed by atoms with Crippen molar-refractivity contribution in [2.45, 2.75) is 59.3 Å². The molecular formula is C22H31NO. The Morgan fingerprint density at radius 1 is 1.08 bits per heavy atom. The van der Waals surface area contributed by atoms with Crippen LogP contribution in [0.4, 0.5) is 0 Å². The van der Waals surface area contributed by atoms with Gasteiger partial charge in [0.15, 0.2) is 0 Å². The van der Waals surface area contributed by atoms with E-state index in [1.165, 1.54) is 31.2 Å². The van der Waals surface area contributed by atoms with Gasteiger partial charge in [0.2, 0.25) is 0 Å². The number of aromatic nitrogens is 1. The molecule has 130 valence electrons. The molecule has 0 N–H and O–H groups in total. The smallest absolute Gasteiger partial charge is 0.128 e. The molecule has 0 aliphatic carbocycles. The second kappa shape index (κ2) is 10.1. The molecule has 2 nitrogen and oxygen atoms in total. The van der Waals surface area contributed by atoms with Gasteiger partial charge in [-0.15, -0.1) is 0 Å². The van der Waals surface area contributed by atoms with Gasteiger partial charge in [-0.1, -0.05) is 52.2 Å². The number of pyridine rings is 1. The Labute approximate surface area is 147 Å². The van der Waals surface area contributed by atoms with Gasteiger partial charge in [-0.3, -0.25) is 4.98 Å². The van der Waals surface area contributed by atoms with Crippen molar-refractivity contribution >= 4 is 0 Å². The molecular weight excluding hydrogens is 294 g/mol. The minimum Gasteiger partial charge on any atom is -0.493 e. The first-order valence-corrected chi connectivity index (χ1v) is 9.41. The maximum Gasteiger partial charge on any atom is 0.128 e. The third-order valence-electron chi connectivity index (χ3n) is 4.62. The highest BCUT2D eigenvalue weighted by Gasteiger charge is 2.08.